The summed E-state index contributed by atoms with van der Waals surface area (Å²) in [4.78, 5) is 27.5. The highest BCUT2D eigenvalue weighted by molar-refractivity contribution is 6.07. The second-order valence-electron chi connectivity index (χ2n) is 6.98. The Morgan fingerprint density at radius 2 is 1.89 bits per heavy atom. The Kier molecular flexibility index (Phi) is 4.39. The fourth-order valence-corrected chi connectivity index (χ4v) is 3.12. The summed E-state index contributed by atoms with van der Waals surface area (Å²) in [6.07, 6.45) is 2.46. The van der Waals surface area contributed by atoms with E-state index in [0.717, 1.165) is 23.9 Å². The van der Waals surface area contributed by atoms with Crippen molar-refractivity contribution in [3.63, 3.8) is 0 Å². The number of carbonyl (C=O) groups excluding carboxylic acids is 2. The van der Waals surface area contributed by atoms with Gasteiger partial charge < -0.3 is 15.6 Å². The maximum atomic E-state index is 13.4. The molecule has 1 saturated carbocycles. The summed E-state index contributed by atoms with van der Waals surface area (Å²) in [5.74, 6) is -0.601. The molecule has 0 aliphatic heterocycles. The number of amides is 2. The van der Waals surface area contributed by atoms with Crippen LogP contribution in [0.4, 0.5) is 10.1 Å². The molecule has 1 aliphatic carbocycles. The largest absolute Gasteiger partial charge is 0.353 e. The number of hydrogen-bond donors (Lipinski definition) is 3. The summed E-state index contributed by atoms with van der Waals surface area (Å²) < 4.78 is 13.4. The maximum absolute atomic E-state index is 13.4. The van der Waals surface area contributed by atoms with Crippen LogP contribution in [0.5, 0.6) is 0 Å². The van der Waals surface area contributed by atoms with Gasteiger partial charge in [0.25, 0.3) is 5.91 Å². The summed E-state index contributed by atoms with van der Waals surface area (Å²) in [6, 6.07) is 12.0. The highest BCUT2D eigenvalue weighted by Crippen LogP contribution is 2.23. The van der Waals surface area contributed by atoms with Crippen molar-refractivity contribution >= 4 is 28.4 Å². The molecule has 1 aromatic heterocycles. The number of hydrogen-bond acceptors (Lipinski definition) is 2. The number of fused-ring (bicyclic) bond motifs is 1. The molecule has 0 saturated heterocycles. The molecule has 2 aromatic carbocycles. The summed E-state index contributed by atoms with van der Waals surface area (Å²) in [7, 11) is 0. The zero-order valence-electron chi connectivity index (χ0n) is 14.9. The van der Waals surface area contributed by atoms with Gasteiger partial charge in [0, 0.05) is 22.6 Å². The minimum absolute atomic E-state index is 0.0234. The van der Waals surface area contributed by atoms with Gasteiger partial charge in [0.1, 0.15) is 11.5 Å². The molecule has 0 radical (unpaired) electrons. The lowest BCUT2D eigenvalue weighted by molar-refractivity contribution is -0.120. The molecule has 27 heavy (non-hydrogen) atoms. The van der Waals surface area contributed by atoms with E-state index in [4.69, 9.17) is 0 Å². The third-order valence-corrected chi connectivity index (χ3v) is 4.77. The number of nitrogens with one attached hydrogen (secondary N) is 3. The van der Waals surface area contributed by atoms with Gasteiger partial charge in [-0.3, -0.25) is 9.59 Å². The van der Waals surface area contributed by atoms with E-state index >= 15 is 0 Å². The molecule has 0 spiro atoms. The van der Waals surface area contributed by atoms with E-state index < -0.39 is 0 Å². The van der Waals surface area contributed by atoms with E-state index in [1.54, 1.807) is 25.1 Å². The van der Waals surface area contributed by atoms with E-state index in [9.17, 15) is 14.0 Å². The van der Waals surface area contributed by atoms with E-state index in [-0.39, 0.29) is 17.6 Å². The normalized spacial score (nSPS) is 13.6. The standard InChI is InChI=1S/C21H20FN3O2/c1-12-17-11-14(22)4-9-18(17)25-20(12)21(27)24-16-5-2-13(3-6-16)10-19(26)23-15-7-8-15/h2-6,9,11,15,25H,7-8,10H2,1H3,(H,23,26)(H,24,27). The van der Waals surface area contributed by atoms with Crippen LogP contribution < -0.4 is 10.6 Å². The number of anilines is 1. The number of aromatic amines is 1. The van der Waals surface area contributed by atoms with E-state index in [1.165, 1.54) is 12.1 Å². The first-order valence-corrected chi connectivity index (χ1v) is 8.97. The minimum Gasteiger partial charge on any atom is -0.353 e. The van der Waals surface area contributed by atoms with Crippen LogP contribution in [-0.4, -0.2) is 22.8 Å². The van der Waals surface area contributed by atoms with Gasteiger partial charge in [0.05, 0.1) is 6.42 Å². The van der Waals surface area contributed by atoms with Crippen LogP contribution in [-0.2, 0) is 11.2 Å². The van der Waals surface area contributed by atoms with Gasteiger partial charge in [0.15, 0.2) is 0 Å². The van der Waals surface area contributed by atoms with Crippen LogP contribution in [0, 0.1) is 12.7 Å². The number of H-pyrrole nitrogens is 1. The topological polar surface area (TPSA) is 74.0 Å². The van der Waals surface area contributed by atoms with Crippen molar-refractivity contribution in [2.75, 3.05) is 5.32 Å². The van der Waals surface area contributed by atoms with Crippen molar-refractivity contribution in [3.8, 4) is 0 Å². The summed E-state index contributed by atoms with van der Waals surface area (Å²) >= 11 is 0. The first-order chi connectivity index (χ1) is 13.0. The molecule has 4 rings (SSSR count). The van der Waals surface area contributed by atoms with Crippen LogP contribution in [0.25, 0.3) is 10.9 Å². The predicted molar refractivity (Wildman–Crippen MR) is 102 cm³/mol. The van der Waals surface area contributed by atoms with Crippen molar-refractivity contribution in [2.24, 2.45) is 0 Å². The van der Waals surface area contributed by atoms with Crippen LogP contribution in [0.2, 0.25) is 0 Å². The molecule has 0 bridgehead atoms. The van der Waals surface area contributed by atoms with Gasteiger partial charge >= 0.3 is 0 Å². The first kappa shape index (κ1) is 17.3. The second kappa shape index (κ2) is 6.87. The number of halogens is 1. The number of carbonyl (C=O) groups is 2. The molecule has 0 atom stereocenters. The molecule has 2 amide bonds. The molecule has 1 aliphatic rings. The Morgan fingerprint density at radius 3 is 2.59 bits per heavy atom. The molecule has 6 heteroatoms. The quantitative estimate of drug-likeness (QED) is 0.645. The molecule has 3 N–H and O–H groups in total. The highest BCUT2D eigenvalue weighted by Gasteiger charge is 2.23. The molecule has 1 heterocycles. The third kappa shape index (κ3) is 3.84. The monoisotopic (exact) mass is 365 g/mol. The zero-order valence-corrected chi connectivity index (χ0v) is 14.9. The molecule has 1 fully saturated rings. The number of rotatable bonds is 5. The molecular formula is C21H20FN3O2. The number of benzene rings is 2. The van der Waals surface area contributed by atoms with Crippen LogP contribution in [0.15, 0.2) is 42.5 Å². The van der Waals surface area contributed by atoms with Crippen molar-refractivity contribution in [1.29, 1.82) is 0 Å². The molecule has 138 valence electrons. The fraction of sp³-hybridized carbons (Fsp3) is 0.238. The van der Waals surface area contributed by atoms with Crippen LogP contribution in [0.1, 0.15) is 34.5 Å². The lowest BCUT2D eigenvalue weighted by atomic mass is 10.1. The summed E-state index contributed by atoms with van der Waals surface area (Å²) in [5, 5.41) is 6.48. The molecule has 3 aromatic rings. The summed E-state index contributed by atoms with van der Waals surface area (Å²) in [5.41, 5.74) is 3.36. The molecular weight excluding hydrogens is 345 g/mol. The average molecular weight is 365 g/mol. The Bertz CT molecular complexity index is 1020. The Hall–Kier alpha value is -3.15. The van der Waals surface area contributed by atoms with Crippen molar-refractivity contribution in [1.82, 2.24) is 10.3 Å². The average Bonchev–Trinajstić information content (AvgIpc) is 3.39. The molecule has 0 unspecified atom stereocenters. The Morgan fingerprint density at radius 1 is 1.15 bits per heavy atom. The first-order valence-electron chi connectivity index (χ1n) is 8.97. The Labute approximate surface area is 156 Å². The van der Waals surface area contributed by atoms with Gasteiger partial charge in [-0.05, 0) is 61.2 Å². The van der Waals surface area contributed by atoms with E-state index in [2.05, 4.69) is 15.6 Å². The van der Waals surface area contributed by atoms with E-state index in [1.807, 2.05) is 12.1 Å². The SMILES string of the molecule is Cc1c(C(=O)Nc2ccc(CC(=O)NC3CC3)cc2)[nH]c2ccc(F)cc12. The van der Waals surface area contributed by atoms with Crippen LogP contribution >= 0.6 is 0 Å². The van der Waals surface area contributed by atoms with Crippen LogP contribution in [0.3, 0.4) is 0 Å². The third-order valence-electron chi connectivity index (χ3n) is 4.77. The highest BCUT2D eigenvalue weighted by atomic mass is 19.1. The van der Waals surface area contributed by atoms with Gasteiger partial charge in [-0.25, -0.2) is 4.39 Å². The van der Waals surface area contributed by atoms with Gasteiger partial charge in [-0.1, -0.05) is 12.1 Å². The van der Waals surface area contributed by atoms with Gasteiger partial charge in [-0.2, -0.15) is 0 Å². The van der Waals surface area contributed by atoms with Crippen molar-refractivity contribution in [3.05, 3.63) is 65.1 Å². The fourth-order valence-electron chi connectivity index (χ4n) is 3.12. The molecule has 5 nitrogen and oxygen atoms in total. The van der Waals surface area contributed by atoms with E-state index in [0.29, 0.717) is 34.8 Å². The minimum atomic E-state index is -0.335. The zero-order chi connectivity index (χ0) is 19.0. The summed E-state index contributed by atoms with van der Waals surface area (Å²) in [6.45, 7) is 1.79. The number of aryl methyl sites for hydroxylation is 1. The maximum Gasteiger partial charge on any atom is 0.272 e. The van der Waals surface area contributed by atoms with Gasteiger partial charge in [0.2, 0.25) is 5.91 Å². The predicted octanol–water partition coefficient (Wildman–Crippen LogP) is 3.69. The van der Waals surface area contributed by atoms with Crippen molar-refractivity contribution in [2.45, 2.75) is 32.2 Å². The lowest BCUT2D eigenvalue weighted by Gasteiger charge is -2.07. The lowest BCUT2D eigenvalue weighted by Crippen LogP contribution is -2.26. The van der Waals surface area contributed by atoms with Crippen molar-refractivity contribution < 1.29 is 14.0 Å². The second-order valence-corrected chi connectivity index (χ2v) is 6.98. The Balaban J connectivity index is 1.44. The number of aromatic nitrogens is 1. The van der Waals surface area contributed by atoms with Gasteiger partial charge in [-0.15, -0.1) is 0 Å². The smallest absolute Gasteiger partial charge is 0.272 e.